The predicted octanol–water partition coefficient (Wildman–Crippen LogP) is 5.89. The number of hydrogen-bond acceptors (Lipinski definition) is 4. The molecule has 1 heterocycles. The Morgan fingerprint density at radius 1 is 1.17 bits per heavy atom. The quantitative estimate of drug-likeness (QED) is 0.265. The molecule has 2 aromatic carbocycles. The second-order valence-electron chi connectivity index (χ2n) is 6.63. The second-order valence-corrected chi connectivity index (χ2v) is 7.40. The van der Waals surface area contributed by atoms with E-state index in [0.717, 1.165) is 29.3 Å². The Kier molecular flexibility index (Phi) is 6.67. The lowest BCUT2D eigenvalue weighted by atomic mass is 10.1. The second kappa shape index (κ2) is 9.20. The van der Waals surface area contributed by atoms with E-state index in [1.807, 2.05) is 37.3 Å². The first-order valence-corrected chi connectivity index (χ1v) is 9.93. The van der Waals surface area contributed by atoms with Gasteiger partial charge in [0.15, 0.2) is 0 Å². The molecule has 0 bridgehead atoms. The summed E-state index contributed by atoms with van der Waals surface area (Å²) in [6.07, 6.45) is 1.69. The van der Waals surface area contributed by atoms with E-state index >= 15 is 0 Å². The number of para-hydroxylation sites is 1. The van der Waals surface area contributed by atoms with Crippen LogP contribution < -0.4 is 0 Å². The largest absolute Gasteiger partial charge is 0.334 e. The van der Waals surface area contributed by atoms with Crippen LogP contribution in [0.25, 0.3) is 10.9 Å². The fraction of sp³-hybridized carbons (Fsp3) is 0.238. The smallest absolute Gasteiger partial charge is 0.288 e. The Balaban J connectivity index is 1.94. The highest BCUT2D eigenvalue weighted by Gasteiger charge is 2.21. The standard InChI is InChI=1S/C21H19Cl2N3O3/c1-2-3-10-25(21(27)15-8-9-17(22)19(12-15)26(28)29)13-16-11-14-6-4-5-7-18(14)24-20(16)23/h4-9,11-12H,2-3,10,13H2,1H3. The molecule has 0 atom stereocenters. The SMILES string of the molecule is CCCCN(Cc1cc2ccccc2nc1Cl)C(=O)c1ccc(Cl)c([N+](=O)[O-])c1. The van der Waals surface area contributed by atoms with Crippen LogP contribution >= 0.6 is 23.2 Å². The Morgan fingerprint density at radius 2 is 1.93 bits per heavy atom. The summed E-state index contributed by atoms with van der Waals surface area (Å²) in [5.41, 5.74) is 1.42. The molecule has 1 aromatic heterocycles. The van der Waals surface area contributed by atoms with Gasteiger partial charge in [0.05, 0.1) is 10.4 Å². The molecule has 29 heavy (non-hydrogen) atoms. The summed E-state index contributed by atoms with van der Waals surface area (Å²) in [5.74, 6) is -0.317. The maximum absolute atomic E-state index is 13.1. The number of hydrogen-bond donors (Lipinski definition) is 0. The lowest BCUT2D eigenvalue weighted by molar-refractivity contribution is -0.384. The third kappa shape index (κ3) is 4.83. The van der Waals surface area contributed by atoms with Crippen molar-refractivity contribution in [3.05, 3.63) is 79.9 Å². The molecule has 0 fully saturated rings. The molecule has 0 N–H and O–H groups in total. The van der Waals surface area contributed by atoms with Gasteiger partial charge in [-0.2, -0.15) is 0 Å². The van der Waals surface area contributed by atoms with E-state index in [2.05, 4.69) is 4.98 Å². The van der Waals surface area contributed by atoms with E-state index in [4.69, 9.17) is 23.2 Å². The van der Waals surface area contributed by atoms with E-state index < -0.39 is 4.92 Å². The minimum atomic E-state index is -0.598. The van der Waals surface area contributed by atoms with Crippen LogP contribution in [-0.4, -0.2) is 27.3 Å². The van der Waals surface area contributed by atoms with Crippen molar-refractivity contribution in [1.29, 1.82) is 0 Å². The van der Waals surface area contributed by atoms with E-state index in [-0.39, 0.29) is 28.7 Å². The van der Waals surface area contributed by atoms with E-state index in [0.29, 0.717) is 11.7 Å². The summed E-state index contributed by atoms with van der Waals surface area (Å²) in [6.45, 7) is 2.78. The number of nitro groups is 1. The van der Waals surface area contributed by atoms with Crippen LogP contribution in [0.5, 0.6) is 0 Å². The summed E-state index contributed by atoms with van der Waals surface area (Å²) in [6, 6.07) is 13.6. The number of carbonyl (C=O) groups is 1. The van der Waals surface area contributed by atoms with Gasteiger partial charge < -0.3 is 4.90 Å². The maximum atomic E-state index is 13.1. The van der Waals surface area contributed by atoms with Gasteiger partial charge in [-0.05, 0) is 30.7 Å². The zero-order valence-corrected chi connectivity index (χ0v) is 17.3. The first kappa shape index (κ1) is 21.0. The minimum absolute atomic E-state index is 0.00608. The fourth-order valence-corrected chi connectivity index (χ4v) is 3.41. The van der Waals surface area contributed by atoms with Crippen molar-refractivity contribution in [1.82, 2.24) is 9.88 Å². The number of pyridine rings is 1. The van der Waals surface area contributed by atoms with Crippen molar-refractivity contribution in [3.63, 3.8) is 0 Å². The van der Waals surface area contributed by atoms with Crippen molar-refractivity contribution in [3.8, 4) is 0 Å². The topological polar surface area (TPSA) is 76.3 Å². The molecule has 0 unspecified atom stereocenters. The lowest BCUT2D eigenvalue weighted by Crippen LogP contribution is -2.31. The number of nitrogens with zero attached hydrogens (tertiary/aromatic N) is 3. The minimum Gasteiger partial charge on any atom is -0.334 e. The van der Waals surface area contributed by atoms with Gasteiger partial charge in [-0.1, -0.05) is 54.7 Å². The van der Waals surface area contributed by atoms with Crippen LogP contribution in [-0.2, 0) is 6.54 Å². The van der Waals surface area contributed by atoms with Crippen LogP contribution in [0.2, 0.25) is 10.2 Å². The van der Waals surface area contributed by atoms with E-state index in [9.17, 15) is 14.9 Å². The van der Waals surface area contributed by atoms with Crippen molar-refractivity contribution < 1.29 is 9.72 Å². The number of carbonyl (C=O) groups excluding carboxylic acids is 1. The average molecular weight is 432 g/mol. The molecule has 0 aliphatic rings. The summed E-state index contributed by atoms with van der Waals surface area (Å²) in [4.78, 5) is 29.7. The van der Waals surface area contributed by atoms with Crippen molar-refractivity contribution in [2.75, 3.05) is 6.54 Å². The highest BCUT2D eigenvalue weighted by Crippen LogP contribution is 2.27. The predicted molar refractivity (Wildman–Crippen MR) is 115 cm³/mol. The molecule has 3 aromatic rings. The number of rotatable bonds is 7. The Labute approximate surface area is 178 Å². The number of benzene rings is 2. The van der Waals surface area contributed by atoms with Gasteiger partial charge >= 0.3 is 0 Å². The van der Waals surface area contributed by atoms with Crippen LogP contribution in [0.4, 0.5) is 5.69 Å². The zero-order valence-electron chi connectivity index (χ0n) is 15.8. The number of halogens is 2. The van der Waals surface area contributed by atoms with Crippen molar-refractivity contribution in [2.45, 2.75) is 26.3 Å². The number of nitro benzene ring substituents is 1. The molecule has 0 saturated carbocycles. The van der Waals surface area contributed by atoms with Gasteiger partial charge in [-0.3, -0.25) is 14.9 Å². The fourth-order valence-electron chi connectivity index (χ4n) is 3.02. The third-order valence-corrected chi connectivity index (χ3v) is 5.22. The number of amides is 1. The maximum Gasteiger partial charge on any atom is 0.288 e. The lowest BCUT2D eigenvalue weighted by Gasteiger charge is -2.23. The number of aromatic nitrogens is 1. The molecule has 0 saturated heterocycles. The molecule has 150 valence electrons. The van der Waals surface area contributed by atoms with Crippen molar-refractivity contribution in [2.24, 2.45) is 0 Å². The van der Waals surface area contributed by atoms with Gasteiger partial charge in [0.1, 0.15) is 10.2 Å². The first-order valence-electron chi connectivity index (χ1n) is 9.18. The monoisotopic (exact) mass is 431 g/mol. The van der Waals surface area contributed by atoms with Crippen molar-refractivity contribution >= 4 is 45.7 Å². The molecular formula is C21H19Cl2N3O3. The highest BCUT2D eigenvalue weighted by atomic mass is 35.5. The molecular weight excluding hydrogens is 413 g/mol. The molecule has 3 rings (SSSR count). The van der Waals surface area contributed by atoms with Gasteiger partial charge in [0, 0.05) is 35.7 Å². The Bertz CT molecular complexity index is 1070. The molecule has 0 spiro atoms. The van der Waals surface area contributed by atoms with Crippen LogP contribution in [0.15, 0.2) is 48.5 Å². The Hall–Kier alpha value is -2.70. The Morgan fingerprint density at radius 3 is 2.66 bits per heavy atom. The summed E-state index contributed by atoms with van der Waals surface area (Å²) < 4.78 is 0. The summed E-state index contributed by atoms with van der Waals surface area (Å²) >= 11 is 12.2. The van der Waals surface area contributed by atoms with Crippen LogP contribution in [0.3, 0.4) is 0 Å². The van der Waals surface area contributed by atoms with E-state index in [1.165, 1.54) is 18.2 Å². The third-order valence-electron chi connectivity index (χ3n) is 4.57. The van der Waals surface area contributed by atoms with E-state index in [1.54, 1.807) is 4.90 Å². The van der Waals surface area contributed by atoms with Crippen LogP contribution in [0.1, 0.15) is 35.7 Å². The normalized spacial score (nSPS) is 10.9. The number of fused-ring (bicyclic) bond motifs is 1. The number of unbranched alkanes of at least 4 members (excludes halogenated alkanes) is 1. The average Bonchev–Trinajstić information content (AvgIpc) is 2.71. The highest BCUT2D eigenvalue weighted by molar-refractivity contribution is 6.32. The molecule has 6 nitrogen and oxygen atoms in total. The first-order chi connectivity index (χ1) is 13.9. The summed E-state index contributed by atoms with van der Waals surface area (Å²) in [5, 5.41) is 12.4. The van der Waals surface area contributed by atoms with Gasteiger partial charge in [-0.25, -0.2) is 4.98 Å². The zero-order chi connectivity index (χ0) is 21.0. The molecule has 0 aliphatic heterocycles. The molecule has 0 radical (unpaired) electrons. The van der Waals surface area contributed by atoms with Gasteiger partial charge in [0.25, 0.3) is 11.6 Å². The molecule has 8 heteroatoms. The summed E-state index contributed by atoms with van der Waals surface area (Å²) in [7, 11) is 0. The molecule has 1 amide bonds. The van der Waals surface area contributed by atoms with Gasteiger partial charge in [0.2, 0.25) is 0 Å². The van der Waals surface area contributed by atoms with Gasteiger partial charge in [-0.15, -0.1) is 0 Å². The molecule has 0 aliphatic carbocycles. The van der Waals surface area contributed by atoms with Crippen LogP contribution in [0, 0.1) is 10.1 Å².